The van der Waals surface area contributed by atoms with Gasteiger partial charge in [0.2, 0.25) is 0 Å². The molecule has 1 aromatic rings. The van der Waals surface area contributed by atoms with Crippen molar-refractivity contribution in [1.82, 2.24) is 0 Å². The van der Waals surface area contributed by atoms with Crippen LogP contribution in [0.15, 0.2) is 21.9 Å². The van der Waals surface area contributed by atoms with Crippen LogP contribution < -0.4 is 0 Å². The maximum absolute atomic E-state index is 2.47. The number of thioether (sulfide) groups is 2. The summed E-state index contributed by atoms with van der Waals surface area (Å²) in [5.74, 6) is 0. The van der Waals surface area contributed by atoms with E-state index in [2.05, 4.69) is 39.8 Å². The summed E-state index contributed by atoms with van der Waals surface area (Å²) in [4.78, 5) is 3.04. The van der Waals surface area contributed by atoms with Crippen molar-refractivity contribution >= 4 is 23.5 Å². The second-order valence-electron chi connectivity index (χ2n) is 6.14. The predicted octanol–water partition coefficient (Wildman–Crippen LogP) is 4.54. The van der Waals surface area contributed by atoms with Gasteiger partial charge in [0.05, 0.1) is 0 Å². The number of hydrogen-bond donors (Lipinski definition) is 0. The summed E-state index contributed by atoms with van der Waals surface area (Å²) in [6.07, 6.45) is 2.46. The monoisotopic (exact) mass is 250 g/mol. The van der Waals surface area contributed by atoms with Gasteiger partial charge in [-0.05, 0) is 30.0 Å². The molecular weight excluding hydrogens is 232 g/mol. The Bertz CT molecular complexity index is 380. The van der Waals surface area contributed by atoms with Gasteiger partial charge in [0.1, 0.15) is 0 Å². The Kier molecular flexibility index (Phi) is 2.23. The van der Waals surface area contributed by atoms with Crippen molar-refractivity contribution in [3.63, 3.8) is 0 Å². The highest BCUT2D eigenvalue weighted by Gasteiger charge is 2.34. The average molecular weight is 250 g/mol. The van der Waals surface area contributed by atoms with Crippen molar-refractivity contribution in [2.75, 3.05) is 0 Å². The smallest absolute Gasteiger partial charge is 0.0191 e. The minimum atomic E-state index is 0.400. The molecule has 0 atom stereocenters. The van der Waals surface area contributed by atoms with E-state index in [0.717, 1.165) is 0 Å². The molecule has 0 nitrogen and oxygen atoms in total. The molecule has 0 saturated carbocycles. The molecule has 86 valence electrons. The first-order valence-electron chi connectivity index (χ1n) is 5.89. The van der Waals surface area contributed by atoms with E-state index >= 15 is 0 Å². The summed E-state index contributed by atoms with van der Waals surface area (Å²) in [7, 11) is 0. The van der Waals surface area contributed by atoms with Crippen molar-refractivity contribution in [3.8, 4) is 0 Å². The first-order chi connectivity index (χ1) is 7.35. The minimum Gasteiger partial charge on any atom is -0.119 e. The van der Waals surface area contributed by atoms with E-state index in [1.54, 1.807) is 11.1 Å². The zero-order chi connectivity index (χ0) is 11.6. The summed E-state index contributed by atoms with van der Waals surface area (Å²) in [5.41, 5.74) is 3.15. The van der Waals surface area contributed by atoms with Crippen LogP contribution in [0.5, 0.6) is 0 Å². The third-order valence-electron chi connectivity index (χ3n) is 3.25. The molecule has 2 aliphatic heterocycles. The van der Waals surface area contributed by atoms with Crippen LogP contribution in [0.3, 0.4) is 0 Å². The number of fused-ring (bicyclic) bond motifs is 2. The highest BCUT2D eigenvalue weighted by molar-refractivity contribution is 8.01. The van der Waals surface area contributed by atoms with Crippen LogP contribution in [-0.2, 0) is 12.8 Å². The zero-order valence-corrected chi connectivity index (χ0v) is 12.0. The number of rotatable bonds is 0. The third kappa shape index (κ3) is 1.80. The van der Waals surface area contributed by atoms with Crippen LogP contribution >= 0.6 is 23.5 Å². The molecule has 0 aromatic heterocycles. The van der Waals surface area contributed by atoms with E-state index in [-0.39, 0.29) is 0 Å². The van der Waals surface area contributed by atoms with Gasteiger partial charge in [-0.15, -0.1) is 23.5 Å². The average Bonchev–Trinajstić information content (AvgIpc) is 2.51. The fourth-order valence-electron chi connectivity index (χ4n) is 2.71. The molecule has 0 spiro atoms. The topological polar surface area (TPSA) is 0 Å². The number of hydrogen-bond acceptors (Lipinski definition) is 2. The lowest BCUT2D eigenvalue weighted by Gasteiger charge is -2.15. The Morgan fingerprint density at radius 1 is 0.812 bits per heavy atom. The lowest BCUT2D eigenvalue weighted by molar-refractivity contribution is 0.711. The van der Waals surface area contributed by atoms with Crippen molar-refractivity contribution < 1.29 is 0 Å². The third-order valence-corrected chi connectivity index (χ3v) is 5.84. The Morgan fingerprint density at radius 2 is 1.25 bits per heavy atom. The SMILES string of the molecule is CC1(C)Cc2cc3c(cc2S1)SC(C)(C)C3. The molecule has 0 radical (unpaired) electrons. The van der Waals surface area contributed by atoms with Gasteiger partial charge in [-0.1, -0.05) is 33.8 Å². The summed E-state index contributed by atoms with van der Waals surface area (Å²) >= 11 is 4.09. The van der Waals surface area contributed by atoms with Crippen molar-refractivity contribution in [3.05, 3.63) is 23.3 Å². The predicted molar refractivity (Wildman–Crippen MR) is 73.7 cm³/mol. The van der Waals surface area contributed by atoms with Crippen LogP contribution in [0.1, 0.15) is 38.8 Å². The molecule has 16 heavy (non-hydrogen) atoms. The Balaban J connectivity index is 2.02. The van der Waals surface area contributed by atoms with E-state index in [9.17, 15) is 0 Å². The second-order valence-corrected chi connectivity index (χ2v) is 9.64. The molecule has 2 heterocycles. The van der Waals surface area contributed by atoms with Gasteiger partial charge >= 0.3 is 0 Å². The van der Waals surface area contributed by atoms with Crippen LogP contribution in [0.25, 0.3) is 0 Å². The van der Waals surface area contributed by atoms with Gasteiger partial charge in [0.15, 0.2) is 0 Å². The molecule has 3 rings (SSSR count). The fourth-order valence-corrected chi connectivity index (χ4v) is 5.31. The molecule has 0 fully saturated rings. The molecule has 0 aliphatic carbocycles. The van der Waals surface area contributed by atoms with E-state index in [1.165, 1.54) is 22.6 Å². The van der Waals surface area contributed by atoms with E-state index in [0.29, 0.717) is 9.49 Å². The molecule has 0 saturated heterocycles. The highest BCUT2D eigenvalue weighted by atomic mass is 32.2. The van der Waals surface area contributed by atoms with E-state index in [4.69, 9.17) is 0 Å². The van der Waals surface area contributed by atoms with Gasteiger partial charge < -0.3 is 0 Å². The maximum Gasteiger partial charge on any atom is 0.0191 e. The molecule has 2 aliphatic rings. The molecular formula is C14H18S2. The first-order valence-corrected chi connectivity index (χ1v) is 7.52. The summed E-state index contributed by atoms with van der Waals surface area (Å²) in [5, 5.41) is 0. The lowest BCUT2D eigenvalue weighted by atomic mass is 9.97. The Hall–Kier alpha value is -0.0800. The molecule has 0 N–H and O–H groups in total. The number of benzene rings is 1. The van der Waals surface area contributed by atoms with Gasteiger partial charge in [0.25, 0.3) is 0 Å². The van der Waals surface area contributed by atoms with Crippen LogP contribution in [0.4, 0.5) is 0 Å². The summed E-state index contributed by atoms with van der Waals surface area (Å²) in [6.45, 7) is 9.39. The fraction of sp³-hybridized carbons (Fsp3) is 0.571. The first kappa shape index (κ1) is 11.0. The normalized spacial score (nSPS) is 24.2. The molecule has 1 aromatic carbocycles. The summed E-state index contributed by atoms with van der Waals surface area (Å²) in [6, 6.07) is 4.90. The van der Waals surface area contributed by atoms with Crippen LogP contribution in [-0.4, -0.2) is 9.49 Å². The molecule has 0 amide bonds. The van der Waals surface area contributed by atoms with Gasteiger partial charge in [0, 0.05) is 19.3 Å². The Labute approximate surface area is 107 Å². The molecule has 2 heteroatoms. The molecule has 0 unspecified atom stereocenters. The van der Waals surface area contributed by atoms with Crippen LogP contribution in [0, 0.1) is 0 Å². The standard InChI is InChI=1S/C14H18S2/c1-13(2)7-9-5-10-8-14(3,4)16-12(10)6-11(9)15-13/h5-6H,7-8H2,1-4H3. The van der Waals surface area contributed by atoms with Gasteiger partial charge in [-0.2, -0.15) is 0 Å². The Morgan fingerprint density at radius 3 is 1.69 bits per heavy atom. The van der Waals surface area contributed by atoms with E-state index in [1.807, 2.05) is 23.5 Å². The minimum absolute atomic E-state index is 0.400. The lowest BCUT2D eigenvalue weighted by Crippen LogP contribution is -2.12. The zero-order valence-electron chi connectivity index (χ0n) is 10.4. The quantitative estimate of drug-likeness (QED) is 0.663. The van der Waals surface area contributed by atoms with Gasteiger partial charge in [-0.25, -0.2) is 0 Å². The molecule has 0 bridgehead atoms. The van der Waals surface area contributed by atoms with Crippen LogP contribution in [0.2, 0.25) is 0 Å². The van der Waals surface area contributed by atoms with E-state index < -0.39 is 0 Å². The highest BCUT2D eigenvalue weighted by Crippen LogP contribution is 2.51. The summed E-state index contributed by atoms with van der Waals surface area (Å²) < 4.78 is 0.801. The van der Waals surface area contributed by atoms with Gasteiger partial charge in [-0.3, -0.25) is 0 Å². The largest absolute Gasteiger partial charge is 0.119 e. The van der Waals surface area contributed by atoms with Crippen molar-refractivity contribution in [2.24, 2.45) is 0 Å². The second kappa shape index (κ2) is 3.23. The van der Waals surface area contributed by atoms with Crippen molar-refractivity contribution in [2.45, 2.75) is 59.8 Å². The van der Waals surface area contributed by atoms with Crippen molar-refractivity contribution in [1.29, 1.82) is 0 Å². The maximum atomic E-state index is 2.47.